The van der Waals surface area contributed by atoms with E-state index in [9.17, 15) is 8.42 Å². The van der Waals surface area contributed by atoms with Gasteiger partial charge in [-0.3, -0.25) is 0 Å². The van der Waals surface area contributed by atoms with Crippen LogP contribution < -0.4 is 9.47 Å². The monoisotopic (exact) mass is 416 g/mol. The number of nitrogens with zero attached hydrogens (tertiary/aromatic N) is 4. The van der Waals surface area contributed by atoms with Crippen molar-refractivity contribution in [1.29, 1.82) is 0 Å². The highest BCUT2D eigenvalue weighted by Crippen LogP contribution is 2.47. The first-order chi connectivity index (χ1) is 14.0. The van der Waals surface area contributed by atoms with Crippen molar-refractivity contribution in [3.8, 4) is 17.2 Å². The molecule has 29 heavy (non-hydrogen) atoms. The van der Waals surface area contributed by atoms with Crippen molar-refractivity contribution >= 4 is 15.9 Å². The van der Waals surface area contributed by atoms with E-state index in [1.807, 2.05) is 30.5 Å². The van der Waals surface area contributed by atoms with Crippen LogP contribution in [0.15, 0.2) is 41.1 Å². The Balaban J connectivity index is 1.34. The highest BCUT2D eigenvalue weighted by Gasteiger charge is 2.52. The van der Waals surface area contributed by atoms with E-state index in [2.05, 4.69) is 14.4 Å². The van der Waals surface area contributed by atoms with Gasteiger partial charge >= 0.3 is 0 Å². The third-order valence-corrected chi connectivity index (χ3v) is 7.48. The molecule has 0 unspecified atom stereocenters. The number of piperidine rings is 2. The smallest absolute Gasteiger partial charge is 0.256 e. The van der Waals surface area contributed by atoms with Crippen LogP contribution in [-0.4, -0.2) is 61.0 Å². The van der Waals surface area contributed by atoms with Crippen molar-refractivity contribution in [2.75, 3.05) is 26.0 Å². The van der Waals surface area contributed by atoms with Gasteiger partial charge in [0.1, 0.15) is 18.2 Å². The van der Waals surface area contributed by atoms with Gasteiger partial charge in [0.25, 0.3) is 10.0 Å². The van der Waals surface area contributed by atoms with E-state index in [1.165, 1.54) is 0 Å². The first kappa shape index (κ1) is 18.5. The molecular formula is C20H24N4O4S. The summed E-state index contributed by atoms with van der Waals surface area (Å²) in [6.07, 6.45) is 7.46. The maximum Gasteiger partial charge on any atom is 0.256 e. The lowest BCUT2D eigenvalue weighted by Crippen LogP contribution is -2.62. The number of benzene rings is 1. The highest BCUT2D eigenvalue weighted by atomic mass is 32.2. The fraction of sp³-hybridized carbons (Fsp3) is 0.500. The van der Waals surface area contributed by atoms with Crippen LogP contribution in [0.5, 0.6) is 11.5 Å². The molecule has 1 saturated carbocycles. The molecule has 0 amide bonds. The molecule has 1 aromatic carbocycles. The molecular weight excluding hydrogens is 392 g/mol. The molecule has 0 spiro atoms. The van der Waals surface area contributed by atoms with E-state index >= 15 is 0 Å². The summed E-state index contributed by atoms with van der Waals surface area (Å²) < 4.78 is 41.5. The summed E-state index contributed by atoms with van der Waals surface area (Å²) in [5.74, 6) is 2.29. The second-order valence-electron chi connectivity index (χ2n) is 8.01. The third-order valence-electron chi connectivity index (χ3n) is 6.33. The van der Waals surface area contributed by atoms with Crippen LogP contribution >= 0.6 is 0 Å². The minimum Gasteiger partial charge on any atom is -0.493 e. The van der Waals surface area contributed by atoms with Crippen molar-refractivity contribution < 1.29 is 17.9 Å². The number of ether oxygens (including phenoxy) is 2. The van der Waals surface area contributed by atoms with Gasteiger partial charge < -0.3 is 14.4 Å². The second-order valence-corrected chi connectivity index (χ2v) is 9.77. The number of aromatic nitrogens is 2. The van der Waals surface area contributed by atoms with Crippen molar-refractivity contribution in [2.45, 2.75) is 31.7 Å². The van der Waals surface area contributed by atoms with Crippen molar-refractivity contribution in [1.82, 2.24) is 14.7 Å². The Labute approximate surface area is 170 Å². The van der Waals surface area contributed by atoms with E-state index < -0.39 is 10.0 Å². The predicted molar refractivity (Wildman–Crippen MR) is 108 cm³/mol. The van der Waals surface area contributed by atoms with E-state index in [0.717, 1.165) is 43.0 Å². The van der Waals surface area contributed by atoms with Crippen LogP contribution in [0.25, 0.3) is 5.69 Å². The molecule has 9 heteroatoms. The topological polar surface area (TPSA) is 86.0 Å². The van der Waals surface area contributed by atoms with Crippen molar-refractivity contribution in [2.24, 2.45) is 9.81 Å². The Kier molecular flexibility index (Phi) is 4.31. The predicted octanol–water partition coefficient (Wildman–Crippen LogP) is 2.25. The minimum absolute atomic E-state index is 0.115. The highest BCUT2D eigenvalue weighted by molar-refractivity contribution is 7.90. The number of hydrogen-bond acceptors (Lipinski definition) is 6. The quantitative estimate of drug-likeness (QED) is 0.743. The summed E-state index contributed by atoms with van der Waals surface area (Å²) in [7, 11) is -1.75. The zero-order valence-corrected chi connectivity index (χ0v) is 17.1. The molecule has 0 atom stereocenters. The van der Waals surface area contributed by atoms with Gasteiger partial charge in [-0.15, -0.1) is 4.40 Å². The average molecular weight is 417 g/mol. The Morgan fingerprint density at radius 1 is 1.17 bits per heavy atom. The summed E-state index contributed by atoms with van der Waals surface area (Å²) in [5.41, 5.74) is 0.599. The Bertz CT molecular complexity index is 1040. The number of fused-ring (bicyclic) bond motifs is 2. The summed E-state index contributed by atoms with van der Waals surface area (Å²) >= 11 is 0. The summed E-state index contributed by atoms with van der Waals surface area (Å²) in [4.78, 5) is 2.21. The molecule has 4 aliphatic rings. The molecule has 2 saturated heterocycles. The standard InChI is InChI=1S/C20H24N4O4S/c1-27-18-12-21-24(13-18)16-2-4-17(5-3-16)28-14-20-8-6-15(7-9-20)23-10-11-29(25,26)22-19(20)23/h2-5,12-13,15H,6-11,14H2,1H3. The molecule has 2 aromatic rings. The molecule has 3 fully saturated rings. The normalized spacial score (nSPS) is 27.3. The van der Waals surface area contributed by atoms with Crippen LogP contribution in [0.2, 0.25) is 0 Å². The van der Waals surface area contributed by atoms with E-state index in [1.54, 1.807) is 18.0 Å². The van der Waals surface area contributed by atoms with Gasteiger partial charge in [-0.1, -0.05) is 0 Å². The first-order valence-electron chi connectivity index (χ1n) is 9.90. The largest absolute Gasteiger partial charge is 0.493 e. The molecule has 154 valence electrons. The number of methoxy groups -OCH3 is 1. The number of sulfonamides is 1. The number of hydrogen-bond donors (Lipinski definition) is 0. The Morgan fingerprint density at radius 2 is 1.93 bits per heavy atom. The van der Waals surface area contributed by atoms with Crippen LogP contribution in [0.4, 0.5) is 0 Å². The fourth-order valence-electron chi connectivity index (χ4n) is 4.68. The Hall–Kier alpha value is -2.55. The summed E-state index contributed by atoms with van der Waals surface area (Å²) in [6.45, 7) is 0.995. The molecule has 4 heterocycles. The van der Waals surface area contributed by atoms with E-state index in [0.29, 0.717) is 24.9 Å². The molecule has 6 rings (SSSR count). The van der Waals surface area contributed by atoms with E-state index in [4.69, 9.17) is 9.47 Å². The minimum atomic E-state index is -3.36. The van der Waals surface area contributed by atoms with Gasteiger partial charge in [0.15, 0.2) is 5.75 Å². The van der Waals surface area contributed by atoms with Crippen LogP contribution in [0, 0.1) is 5.41 Å². The lowest BCUT2D eigenvalue weighted by Gasteiger charge is -2.54. The third kappa shape index (κ3) is 3.27. The van der Waals surface area contributed by atoms with Crippen molar-refractivity contribution in [3.63, 3.8) is 0 Å². The maximum absolute atomic E-state index is 12.1. The molecule has 1 aromatic heterocycles. The van der Waals surface area contributed by atoms with Gasteiger partial charge in [0.05, 0.1) is 36.4 Å². The zero-order chi connectivity index (χ0) is 20.1. The second kappa shape index (κ2) is 6.76. The molecule has 1 aliphatic carbocycles. The van der Waals surface area contributed by atoms with Gasteiger partial charge in [-0.25, -0.2) is 13.1 Å². The van der Waals surface area contributed by atoms with Gasteiger partial charge in [0, 0.05) is 12.6 Å². The Morgan fingerprint density at radius 3 is 2.62 bits per heavy atom. The van der Waals surface area contributed by atoms with E-state index in [-0.39, 0.29) is 11.2 Å². The number of rotatable bonds is 5. The maximum atomic E-state index is 12.1. The molecule has 2 bridgehead atoms. The molecule has 3 aliphatic heterocycles. The van der Waals surface area contributed by atoms with Gasteiger partial charge in [-0.2, -0.15) is 5.10 Å². The molecule has 0 N–H and O–H groups in total. The van der Waals surface area contributed by atoms with Gasteiger partial charge in [0.2, 0.25) is 0 Å². The van der Waals surface area contributed by atoms with Crippen molar-refractivity contribution in [3.05, 3.63) is 36.7 Å². The number of amidine groups is 1. The van der Waals surface area contributed by atoms with Gasteiger partial charge in [-0.05, 0) is 49.9 Å². The summed E-state index contributed by atoms with van der Waals surface area (Å²) in [6, 6.07) is 8.12. The van der Waals surface area contributed by atoms with Crippen LogP contribution in [0.1, 0.15) is 25.7 Å². The lowest BCUT2D eigenvalue weighted by molar-refractivity contribution is 0.0656. The lowest BCUT2D eigenvalue weighted by atomic mass is 9.67. The molecule has 8 nitrogen and oxygen atoms in total. The SMILES string of the molecule is COc1cnn(-c2ccc(OCC34CCC(CC3)N3CCS(=O)(=O)N=C34)cc2)c1. The molecule has 0 radical (unpaired) electrons. The summed E-state index contributed by atoms with van der Waals surface area (Å²) in [5, 5.41) is 4.27. The van der Waals surface area contributed by atoms with Crippen LogP contribution in [-0.2, 0) is 10.0 Å². The zero-order valence-electron chi connectivity index (χ0n) is 16.3. The fourth-order valence-corrected chi connectivity index (χ4v) is 5.76. The first-order valence-corrected chi connectivity index (χ1v) is 11.5. The van der Waals surface area contributed by atoms with Crippen LogP contribution in [0.3, 0.4) is 0 Å². The average Bonchev–Trinajstić information content (AvgIpc) is 3.22.